The van der Waals surface area contributed by atoms with E-state index in [-0.39, 0.29) is 29.0 Å². The van der Waals surface area contributed by atoms with E-state index >= 15 is 0 Å². The van der Waals surface area contributed by atoms with Gasteiger partial charge in [0.25, 0.3) is 0 Å². The van der Waals surface area contributed by atoms with Gasteiger partial charge in [-0.1, -0.05) is 31.2 Å². The van der Waals surface area contributed by atoms with Crippen molar-refractivity contribution < 1.29 is 13.9 Å². The fourth-order valence-electron chi connectivity index (χ4n) is 3.54. The van der Waals surface area contributed by atoms with E-state index in [4.69, 9.17) is 16.3 Å². The molecule has 1 heterocycles. The third-order valence-corrected chi connectivity index (χ3v) is 5.36. The van der Waals surface area contributed by atoms with E-state index in [1.54, 1.807) is 7.11 Å². The van der Waals surface area contributed by atoms with Gasteiger partial charge in [0.2, 0.25) is 11.2 Å². The van der Waals surface area contributed by atoms with Crippen LogP contribution >= 0.6 is 11.6 Å². The zero-order chi connectivity index (χ0) is 21.0. The zero-order valence-corrected chi connectivity index (χ0v) is 17.3. The highest BCUT2D eigenvalue weighted by atomic mass is 35.5. The number of anilines is 1. The molecule has 0 saturated heterocycles. The Morgan fingerprint density at radius 3 is 2.69 bits per heavy atom. The Morgan fingerprint density at radius 2 is 2.03 bits per heavy atom. The number of benzene rings is 1. The lowest BCUT2D eigenvalue weighted by Crippen LogP contribution is -2.42. The number of hydrogen-bond donors (Lipinski definition) is 2. The highest BCUT2D eigenvalue weighted by Crippen LogP contribution is 2.32. The summed E-state index contributed by atoms with van der Waals surface area (Å²) in [6, 6.07) is 6.97. The molecule has 0 bridgehead atoms. The second-order valence-corrected chi connectivity index (χ2v) is 7.33. The van der Waals surface area contributed by atoms with Gasteiger partial charge in [0.15, 0.2) is 11.6 Å². The zero-order valence-electron chi connectivity index (χ0n) is 16.5. The van der Waals surface area contributed by atoms with Gasteiger partial charge in [-0.25, -0.2) is 9.37 Å². The summed E-state index contributed by atoms with van der Waals surface area (Å²) in [5.41, 5.74) is 0.969. The van der Waals surface area contributed by atoms with Crippen LogP contribution in [0.2, 0.25) is 5.28 Å². The summed E-state index contributed by atoms with van der Waals surface area (Å²) in [4.78, 5) is 20.6. The van der Waals surface area contributed by atoms with Crippen LogP contribution in [-0.2, 0) is 4.79 Å². The van der Waals surface area contributed by atoms with Crippen LogP contribution in [0.25, 0.3) is 0 Å². The van der Waals surface area contributed by atoms with Gasteiger partial charge < -0.3 is 15.4 Å². The standard InChI is InChI=1S/C21H24ClFN4O2/c1-4-13-7-10-17(26-19-16(23)11-24-21(22)27-19)18(13)20(28)25-12(2)14-5-8-15(29-3)9-6-14/h5-13,17-18H,4H2,1-3H3,(H,25,28)(H,24,26,27)/t12-,13-,17+,18-/m1/s1. The quantitative estimate of drug-likeness (QED) is 0.522. The maximum atomic E-state index is 14.0. The molecule has 2 aromatic rings. The second-order valence-electron chi connectivity index (χ2n) is 6.99. The first-order chi connectivity index (χ1) is 13.9. The van der Waals surface area contributed by atoms with Crippen molar-refractivity contribution in [2.24, 2.45) is 11.8 Å². The van der Waals surface area contributed by atoms with Crippen molar-refractivity contribution in [3.63, 3.8) is 0 Å². The van der Waals surface area contributed by atoms with E-state index in [1.807, 2.05) is 50.3 Å². The van der Waals surface area contributed by atoms with Crippen LogP contribution in [0.3, 0.4) is 0 Å². The van der Waals surface area contributed by atoms with Crippen molar-refractivity contribution in [2.45, 2.75) is 32.4 Å². The molecule has 0 aliphatic heterocycles. The summed E-state index contributed by atoms with van der Waals surface area (Å²) in [6.07, 6.45) is 5.66. The molecule has 0 radical (unpaired) electrons. The molecular weight excluding hydrogens is 395 g/mol. The van der Waals surface area contributed by atoms with E-state index < -0.39 is 17.8 Å². The lowest BCUT2D eigenvalue weighted by atomic mass is 9.89. The molecule has 1 aliphatic rings. The van der Waals surface area contributed by atoms with E-state index in [2.05, 4.69) is 20.6 Å². The lowest BCUT2D eigenvalue weighted by Gasteiger charge is -2.27. The minimum absolute atomic E-state index is 0.0163. The maximum Gasteiger partial charge on any atom is 0.226 e. The summed E-state index contributed by atoms with van der Waals surface area (Å²) in [5.74, 6) is -0.341. The molecule has 8 heteroatoms. The fourth-order valence-corrected chi connectivity index (χ4v) is 3.68. The number of ether oxygens (including phenoxy) is 1. The first-order valence-electron chi connectivity index (χ1n) is 9.50. The summed E-state index contributed by atoms with van der Waals surface area (Å²) in [6.45, 7) is 3.95. The number of aromatic nitrogens is 2. The summed E-state index contributed by atoms with van der Waals surface area (Å²) in [5, 5.41) is 6.01. The predicted octanol–water partition coefficient (Wildman–Crippen LogP) is 4.15. The molecule has 29 heavy (non-hydrogen) atoms. The smallest absolute Gasteiger partial charge is 0.226 e. The van der Waals surface area contributed by atoms with E-state index in [0.29, 0.717) is 0 Å². The number of nitrogens with zero attached hydrogens (tertiary/aromatic N) is 2. The molecule has 1 amide bonds. The number of carbonyl (C=O) groups excluding carboxylic acids is 1. The average molecular weight is 419 g/mol. The van der Waals surface area contributed by atoms with Crippen molar-refractivity contribution in [3.05, 3.63) is 59.3 Å². The summed E-state index contributed by atoms with van der Waals surface area (Å²) in [7, 11) is 1.61. The van der Waals surface area contributed by atoms with Crippen LogP contribution in [0.4, 0.5) is 10.2 Å². The van der Waals surface area contributed by atoms with Crippen LogP contribution in [0.1, 0.15) is 31.9 Å². The molecule has 1 aromatic heterocycles. The Kier molecular flexibility index (Phi) is 6.69. The Morgan fingerprint density at radius 1 is 1.31 bits per heavy atom. The van der Waals surface area contributed by atoms with Gasteiger partial charge in [-0.05, 0) is 48.6 Å². The summed E-state index contributed by atoms with van der Waals surface area (Å²) < 4.78 is 19.2. The Balaban J connectivity index is 1.74. The van der Waals surface area contributed by atoms with Crippen LogP contribution in [0.5, 0.6) is 5.75 Å². The molecule has 154 valence electrons. The number of halogens is 2. The van der Waals surface area contributed by atoms with Gasteiger partial charge in [0.05, 0.1) is 31.3 Å². The molecule has 3 rings (SSSR count). The monoisotopic (exact) mass is 418 g/mol. The highest BCUT2D eigenvalue weighted by Gasteiger charge is 2.37. The van der Waals surface area contributed by atoms with Gasteiger partial charge in [-0.2, -0.15) is 4.98 Å². The summed E-state index contributed by atoms with van der Waals surface area (Å²) >= 11 is 5.78. The number of rotatable bonds is 7. The minimum Gasteiger partial charge on any atom is -0.497 e. The van der Waals surface area contributed by atoms with Gasteiger partial charge >= 0.3 is 0 Å². The SMILES string of the molecule is CC[C@@H]1C=C[C@H](Nc2nc(Cl)ncc2F)[C@@H]1C(=O)N[C@H](C)c1ccc(OC)cc1. The Bertz CT molecular complexity index is 891. The van der Waals surface area contributed by atoms with Crippen molar-refractivity contribution in [1.29, 1.82) is 0 Å². The third kappa shape index (κ3) is 4.85. The highest BCUT2D eigenvalue weighted by molar-refractivity contribution is 6.28. The molecule has 1 aromatic carbocycles. The van der Waals surface area contributed by atoms with Crippen molar-refractivity contribution in [1.82, 2.24) is 15.3 Å². The average Bonchev–Trinajstić information content (AvgIpc) is 3.13. The number of amides is 1. The molecule has 6 nitrogen and oxygen atoms in total. The van der Waals surface area contributed by atoms with Crippen LogP contribution in [0, 0.1) is 17.7 Å². The fraction of sp³-hybridized carbons (Fsp3) is 0.381. The number of carbonyl (C=O) groups is 1. The van der Waals surface area contributed by atoms with Crippen LogP contribution in [-0.4, -0.2) is 29.0 Å². The number of hydrogen-bond acceptors (Lipinski definition) is 5. The maximum absolute atomic E-state index is 14.0. The van der Waals surface area contributed by atoms with Crippen LogP contribution in [0.15, 0.2) is 42.6 Å². The predicted molar refractivity (Wildman–Crippen MR) is 110 cm³/mol. The Hall–Kier alpha value is -2.67. The normalized spacial score (nSPS) is 21.6. The topological polar surface area (TPSA) is 76.1 Å². The third-order valence-electron chi connectivity index (χ3n) is 5.18. The molecule has 0 fully saturated rings. The molecule has 0 saturated carbocycles. The molecule has 0 unspecified atom stereocenters. The first kappa shape index (κ1) is 21.0. The van der Waals surface area contributed by atoms with Crippen molar-refractivity contribution >= 4 is 23.3 Å². The molecular formula is C21H24ClFN4O2. The van der Waals surface area contributed by atoms with Gasteiger partial charge in [0.1, 0.15) is 5.75 Å². The minimum atomic E-state index is -0.617. The van der Waals surface area contributed by atoms with Gasteiger partial charge in [-0.3, -0.25) is 4.79 Å². The molecule has 4 atom stereocenters. The van der Waals surface area contributed by atoms with E-state index in [0.717, 1.165) is 23.9 Å². The first-order valence-corrected chi connectivity index (χ1v) is 9.88. The lowest BCUT2D eigenvalue weighted by molar-refractivity contribution is -0.126. The number of allylic oxidation sites excluding steroid dienone is 1. The number of methoxy groups -OCH3 is 1. The molecule has 0 spiro atoms. The largest absolute Gasteiger partial charge is 0.497 e. The van der Waals surface area contributed by atoms with Crippen molar-refractivity contribution in [3.8, 4) is 5.75 Å². The number of nitrogens with one attached hydrogen (secondary N) is 2. The van der Waals surface area contributed by atoms with E-state index in [9.17, 15) is 9.18 Å². The van der Waals surface area contributed by atoms with E-state index in [1.165, 1.54) is 0 Å². The van der Waals surface area contributed by atoms with Crippen molar-refractivity contribution in [2.75, 3.05) is 12.4 Å². The van der Waals surface area contributed by atoms with Crippen LogP contribution < -0.4 is 15.4 Å². The Labute approximate surface area is 174 Å². The van der Waals surface area contributed by atoms with Gasteiger partial charge in [-0.15, -0.1) is 0 Å². The molecule has 2 N–H and O–H groups in total. The second kappa shape index (κ2) is 9.22. The molecule has 1 aliphatic carbocycles. The van der Waals surface area contributed by atoms with Gasteiger partial charge in [0, 0.05) is 0 Å².